The highest BCUT2D eigenvalue weighted by Gasteiger charge is 2.57. The monoisotopic (exact) mass is 302 g/mol. The quantitative estimate of drug-likeness (QED) is 0.744. The molecule has 2 rings (SSSR count). The Morgan fingerprint density at radius 3 is 2.70 bits per heavy atom. The minimum Gasteiger partial charge on any atom is -0.493 e. The van der Waals surface area contributed by atoms with Gasteiger partial charge in [-0.2, -0.15) is 0 Å². The van der Waals surface area contributed by atoms with Crippen molar-refractivity contribution in [3.05, 3.63) is 12.3 Å². The number of ether oxygens (including phenoxy) is 4. The molecule has 20 heavy (non-hydrogen) atoms. The van der Waals surface area contributed by atoms with Gasteiger partial charge in [0.25, 0.3) is 0 Å². The zero-order valence-electron chi connectivity index (χ0n) is 12.5. The van der Waals surface area contributed by atoms with Gasteiger partial charge in [0.2, 0.25) is 0 Å². The summed E-state index contributed by atoms with van der Waals surface area (Å²) in [7, 11) is 0. The van der Waals surface area contributed by atoms with Crippen LogP contribution < -0.4 is 0 Å². The van der Waals surface area contributed by atoms with Crippen molar-refractivity contribution in [2.75, 3.05) is 0 Å². The maximum Gasteiger partial charge on any atom is 0.191 e. The Bertz CT molecular complexity index is 395. The molecule has 0 radical (unpaired) electrons. The van der Waals surface area contributed by atoms with Gasteiger partial charge in [0.15, 0.2) is 29.4 Å². The van der Waals surface area contributed by atoms with Crippen LogP contribution in [0, 0.1) is 0 Å². The Balaban J connectivity index is 2.11. The Morgan fingerprint density at radius 1 is 1.40 bits per heavy atom. The fourth-order valence-corrected chi connectivity index (χ4v) is 3.41. The van der Waals surface area contributed by atoms with Gasteiger partial charge >= 0.3 is 0 Å². The number of hydrogen-bond donors (Lipinski definition) is 0. The number of allylic oxidation sites excluding steroid dienone is 1. The fraction of sp³-hybridized carbons (Fsp3) is 0.786. The van der Waals surface area contributed by atoms with E-state index in [-0.39, 0.29) is 28.7 Å². The molecule has 5 atom stereocenters. The van der Waals surface area contributed by atoms with Crippen molar-refractivity contribution in [3.8, 4) is 0 Å². The van der Waals surface area contributed by atoms with Crippen LogP contribution in [0.2, 0.25) is 0 Å². The third-order valence-corrected chi connectivity index (χ3v) is 4.19. The molecule has 0 N–H and O–H groups in total. The Labute approximate surface area is 124 Å². The Kier molecular flexibility index (Phi) is 4.79. The highest BCUT2D eigenvalue weighted by Crippen LogP contribution is 2.41. The Hall–Kier alpha value is -0.560. The number of fused-ring (bicyclic) bond motifs is 1. The molecule has 5 nitrogen and oxygen atoms in total. The molecule has 0 aromatic heterocycles. The predicted octanol–water partition coefficient (Wildman–Crippen LogP) is 2.45. The lowest BCUT2D eigenvalue weighted by Crippen LogP contribution is -2.40. The third kappa shape index (κ3) is 3.36. The largest absolute Gasteiger partial charge is 0.493 e. The van der Waals surface area contributed by atoms with Gasteiger partial charge in [-0.05, 0) is 20.8 Å². The zero-order valence-corrected chi connectivity index (χ0v) is 13.3. The highest BCUT2D eigenvalue weighted by molar-refractivity contribution is 8.14. The van der Waals surface area contributed by atoms with Crippen molar-refractivity contribution in [1.29, 1.82) is 0 Å². The average molecular weight is 302 g/mol. The first-order valence-corrected chi connectivity index (χ1v) is 7.67. The minimum absolute atomic E-state index is 0.0244. The smallest absolute Gasteiger partial charge is 0.191 e. The second-order valence-electron chi connectivity index (χ2n) is 5.45. The summed E-state index contributed by atoms with van der Waals surface area (Å²) in [5.41, 5.74) is 0. The van der Waals surface area contributed by atoms with Gasteiger partial charge in [0.05, 0.1) is 6.26 Å². The van der Waals surface area contributed by atoms with Gasteiger partial charge in [-0.3, -0.25) is 4.79 Å². The molecule has 0 saturated carbocycles. The standard InChI is InChI=1S/C14H22O5S/c1-6-7-16-11-10(8(2)20-9(3)15)17-13-12(11)18-14(4,5)19-13/h6-8,10-13H,1-5H3/b7-6+/t8-,10+,11+,12-,13-/m0/s1. The lowest BCUT2D eigenvalue weighted by atomic mass is 10.1. The molecule has 6 heteroatoms. The normalized spacial score (nSPS) is 37.0. The van der Waals surface area contributed by atoms with Crippen LogP contribution in [-0.4, -0.2) is 40.8 Å². The van der Waals surface area contributed by atoms with E-state index in [1.165, 1.54) is 11.8 Å². The molecule has 2 aliphatic rings. The molecule has 0 aliphatic carbocycles. The summed E-state index contributed by atoms with van der Waals surface area (Å²) in [4.78, 5) is 11.3. The number of carbonyl (C=O) groups is 1. The van der Waals surface area contributed by atoms with E-state index in [1.54, 1.807) is 13.2 Å². The number of rotatable bonds is 4. The SMILES string of the molecule is C/C=C/O[C@H]1[C@@H]2OC(C)(C)O[C@@H]2O[C@@H]1[C@H](C)SC(C)=O. The van der Waals surface area contributed by atoms with Crippen molar-refractivity contribution in [3.63, 3.8) is 0 Å². The van der Waals surface area contributed by atoms with Gasteiger partial charge in [0.1, 0.15) is 6.10 Å². The van der Waals surface area contributed by atoms with Crippen LogP contribution in [0.5, 0.6) is 0 Å². The molecule has 0 amide bonds. The molecular weight excluding hydrogens is 280 g/mol. The van der Waals surface area contributed by atoms with Crippen molar-refractivity contribution in [2.45, 2.75) is 70.3 Å². The molecule has 0 spiro atoms. The van der Waals surface area contributed by atoms with Crippen LogP contribution in [0.4, 0.5) is 0 Å². The van der Waals surface area contributed by atoms with Gasteiger partial charge in [-0.25, -0.2) is 0 Å². The van der Waals surface area contributed by atoms with Crippen molar-refractivity contribution in [1.82, 2.24) is 0 Å². The summed E-state index contributed by atoms with van der Waals surface area (Å²) in [6.45, 7) is 9.09. The summed E-state index contributed by atoms with van der Waals surface area (Å²) < 4.78 is 23.2. The summed E-state index contributed by atoms with van der Waals surface area (Å²) in [6, 6.07) is 0. The topological polar surface area (TPSA) is 54.0 Å². The van der Waals surface area contributed by atoms with Gasteiger partial charge in [-0.1, -0.05) is 24.8 Å². The van der Waals surface area contributed by atoms with E-state index in [1.807, 2.05) is 33.8 Å². The summed E-state index contributed by atoms with van der Waals surface area (Å²) in [6.07, 6.45) is 2.20. The fourth-order valence-electron chi connectivity index (χ4n) is 2.54. The molecule has 0 bridgehead atoms. The van der Waals surface area contributed by atoms with Crippen molar-refractivity contribution in [2.24, 2.45) is 0 Å². The van der Waals surface area contributed by atoms with Gasteiger partial charge in [0, 0.05) is 12.2 Å². The molecule has 114 valence electrons. The second-order valence-corrected chi connectivity index (χ2v) is 7.01. The lowest BCUT2D eigenvalue weighted by Gasteiger charge is -2.28. The van der Waals surface area contributed by atoms with E-state index >= 15 is 0 Å². The molecular formula is C14H22O5S. The van der Waals surface area contributed by atoms with Crippen LogP contribution in [-0.2, 0) is 23.7 Å². The summed E-state index contributed by atoms with van der Waals surface area (Å²) in [5.74, 6) is -0.672. The average Bonchev–Trinajstić information content (AvgIpc) is 2.78. The van der Waals surface area contributed by atoms with Crippen LogP contribution >= 0.6 is 11.8 Å². The van der Waals surface area contributed by atoms with E-state index in [4.69, 9.17) is 18.9 Å². The first-order valence-electron chi connectivity index (χ1n) is 6.79. The van der Waals surface area contributed by atoms with E-state index in [0.717, 1.165) is 0 Å². The van der Waals surface area contributed by atoms with Gasteiger partial charge in [-0.15, -0.1) is 0 Å². The molecule has 0 aromatic rings. The molecule has 0 unspecified atom stereocenters. The van der Waals surface area contributed by atoms with Crippen LogP contribution in [0.15, 0.2) is 12.3 Å². The van der Waals surface area contributed by atoms with E-state index < -0.39 is 12.1 Å². The predicted molar refractivity (Wildman–Crippen MR) is 76.1 cm³/mol. The lowest BCUT2D eigenvalue weighted by molar-refractivity contribution is -0.214. The molecule has 0 aromatic carbocycles. The van der Waals surface area contributed by atoms with E-state index in [0.29, 0.717) is 0 Å². The molecule has 2 fully saturated rings. The first-order chi connectivity index (χ1) is 9.34. The Morgan fingerprint density at radius 2 is 2.10 bits per heavy atom. The molecule has 2 aliphatic heterocycles. The van der Waals surface area contributed by atoms with Crippen molar-refractivity contribution < 1.29 is 23.7 Å². The number of thioether (sulfide) groups is 1. The molecule has 2 heterocycles. The maximum absolute atomic E-state index is 11.3. The van der Waals surface area contributed by atoms with Gasteiger partial charge < -0.3 is 18.9 Å². The van der Waals surface area contributed by atoms with Crippen LogP contribution in [0.25, 0.3) is 0 Å². The van der Waals surface area contributed by atoms with Crippen molar-refractivity contribution >= 4 is 16.9 Å². The second kappa shape index (κ2) is 6.05. The molecule has 2 saturated heterocycles. The summed E-state index contributed by atoms with van der Waals surface area (Å²) in [5, 5.41) is 0.0359. The first kappa shape index (κ1) is 15.8. The van der Waals surface area contributed by atoms with E-state index in [9.17, 15) is 4.79 Å². The van der Waals surface area contributed by atoms with Crippen LogP contribution in [0.1, 0.15) is 34.6 Å². The zero-order chi connectivity index (χ0) is 14.9. The summed E-state index contributed by atoms with van der Waals surface area (Å²) >= 11 is 1.25. The third-order valence-electron chi connectivity index (χ3n) is 3.21. The van der Waals surface area contributed by atoms with E-state index in [2.05, 4.69) is 0 Å². The number of hydrogen-bond acceptors (Lipinski definition) is 6. The maximum atomic E-state index is 11.3. The highest BCUT2D eigenvalue weighted by atomic mass is 32.2. The number of carbonyl (C=O) groups excluding carboxylic acids is 1. The minimum atomic E-state index is -0.672. The van der Waals surface area contributed by atoms with Crippen LogP contribution in [0.3, 0.4) is 0 Å².